The van der Waals surface area contributed by atoms with Gasteiger partial charge in [0.05, 0.1) is 45.6 Å². The summed E-state index contributed by atoms with van der Waals surface area (Å²) in [6.45, 7) is 4.39. The number of nitrogens with zero attached hydrogens (tertiary/aromatic N) is 2. The summed E-state index contributed by atoms with van der Waals surface area (Å²) in [6.07, 6.45) is 2.63. The van der Waals surface area contributed by atoms with Gasteiger partial charge in [0.2, 0.25) is 0 Å². The molecule has 0 bridgehead atoms. The summed E-state index contributed by atoms with van der Waals surface area (Å²) in [4.78, 5) is 31.3. The third-order valence-corrected chi connectivity index (χ3v) is 7.06. The predicted molar refractivity (Wildman–Crippen MR) is 134 cm³/mol. The van der Waals surface area contributed by atoms with Crippen LogP contribution in [-0.4, -0.2) is 24.3 Å². The van der Waals surface area contributed by atoms with E-state index in [1.54, 1.807) is 31.2 Å². The number of carbonyl (C=O) groups is 1. The van der Waals surface area contributed by atoms with E-state index >= 15 is 0 Å². The summed E-state index contributed by atoms with van der Waals surface area (Å²) in [6, 6.07) is 11.9. The summed E-state index contributed by atoms with van der Waals surface area (Å²) in [5, 5.41) is 0.834. The van der Waals surface area contributed by atoms with Crippen LogP contribution in [0, 0.1) is 0 Å². The van der Waals surface area contributed by atoms with Crippen LogP contribution in [0.5, 0.6) is 5.75 Å². The van der Waals surface area contributed by atoms with Crippen molar-refractivity contribution in [3.63, 3.8) is 0 Å². The van der Waals surface area contributed by atoms with Gasteiger partial charge in [-0.3, -0.25) is 9.36 Å². The van der Waals surface area contributed by atoms with Gasteiger partial charge in [-0.2, -0.15) is 0 Å². The Labute approximate surface area is 210 Å². The van der Waals surface area contributed by atoms with Crippen LogP contribution in [0.25, 0.3) is 6.08 Å². The number of rotatable bonds is 6. The second kappa shape index (κ2) is 10.2. The largest absolute Gasteiger partial charge is 0.494 e. The molecule has 0 amide bonds. The average Bonchev–Trinajstić information content (AvgIpc) is 3.13. The number of benzene rings is 2. The number of ether oxygens (including phenoxy) is 2. The third-order valence-electron chi connectivity index (χ3n) is 5.34. The molecule has 6 nitrogen and oxygen atoms in total. The van der Waals surface area contributed by atoms with E-state index in [-0.39, 0.29) is 5.56 Å². The summed E-state index contributed by atoms with van der Waals surface area (Å²) in [5.74, 6) is 0.189. The monoisotopic (exact) mass is 516 g/mol. The topological polar surface area (TPSA) is 69.9 Å². The fourth-order valence-electron chi connectivity index (χ4n) is 3.73. The first-order chi connectivity index (χ1) is 16.3. The van der Waals surface area contributed by atoms with E-state index in [9.17, 15) is 9.59 Å². The normalized spacial score (nSPS) is 15.7. The summed E-state index contributed by atoms with van der Waals surface area (Å²) < 4.78 is 12.7. The second-order valence-corrected chi connectivity index (χ2v) is 9.49. The predicted octanol–water partition coefficient (Wildman–Crippen LogP) is 4.50. The lowest BCUT2D eigenvalue weighted by atomic mass is 9.96. The van der Waals surface area contributed by atoms with Gasteiger partial charge >= 0.3 is 5.97 Å². The lowest BCUT2D eigenvalue weighted by Gasteiger charge is -2.24. The van der Waals surface area contributed by atoms with Gasteiger partial charge < -0.3 is 9.47 Å². The minimum Gasteiger partial charge on any atom is -0.494 e. The number of carbonyl (C=O) groups excluding carboxylic acids is 1. The number of methoxy groups -OCH3 is 1. The molecule has 0 fully saturated rings. The zero-order chi connectivity index (χ0) is 24.4. The van der Waals surface area contributed by atoms with Gasteiger partial charge in [-0.15, -0.1) is 0 Å². The van der Waals surface area contributed by atoms with Crippen molar-refractivity contribution in [3.05, 3.63) is 94.6 Å². The third kappa shape index (κ3) is 4.69. The Balaban J connectivity index is 1.88. The summed E-state index contributed by atoms with van der Waals surface area (Å²) in [7, 11) is 1.32. The second-order valence-electron chi connectivity index (χ2n) is 7.66. The fraction of sp³-hybridized carbons (Fsp3) is 0.240. The molecule has 0 saturated heterocycles. The molecule has 2 aromatic carbocycles. The number of thiazole rings is 1. The Hall–Kier alpha value is -2.87. The van der Waals surface area contributed by atoms with Crippen LogP contribution in [0.2, 0.25) is 10.0 Å². The van der Waals surface area contributed by atoms with E-state index in [2.05, 4.69) is 4.99 Å². The molecule has 4 rings (SSSR count). The first kappa shape index (κ1) is 24.3. The molecule has 3 aromatic rings. The lowest BCUT2D eigenvalue weighted by molar-refractivity contribution is -0.136. The van der Waals surface area contributed by atoms with E-state index in [1.165, 1.54) is 23.0 Å². The quantitative estimate of drug-likeness (QED) is 0.452. The highest BCUT2D eigenvalue weighted by Crippen LogP contribution is 2.31. The molecular weight excluding hydrogens is 495 g/mol. The van der Waals surface area contributed by atoms with Crippen LogP contribution in [0.15, 0.2) is 63.5 Å². The van der Waals surface area contributed by atoms with Crippen LogP contribution < -0.4 is 19.6 Å². The first-order valence-electron chi connectivity index (χ1n) is 10.6. The number of allylic oxidation sites excluding steroid dienone is 1. The van der Waals surface area contributed by atoms with Crippen LogP contribution in [0.3, 0.4) is 0 Å². The van der Waals surface area contributed by atoms with Crippen LogP contribution >= 0.6 is 34.5 Å². The Morgan fingerprint density at radius 1 is 1.18 bits per heavy atom. The number of esters is 1. The van der Waals surface area contributed by atoms with Crippen molar-refractivity contribution in [3.8, 4) is 5.75 Å². The van der Waals surface area contributed by atoms with Gasteiger partial charge in [0, 0.05) is 0 Å². The molecule has 34 heavy (non-hydrogen) atoms. The summed E-state index contributed by atoms with van der Waals surface area (Å²) in [5.41, 5.74) is 2.04. The number of hydrogen-bond acceptors (Lipinski definition) is 6. The minimum atomic E-state index is -0.681. The van der Waals surface area contributed by atoms with Gasteiger partial charge in [-0.05, 0) is 54.8 Å². The van der Waals surface area contributed by atoms with Crippen molar-refractivity contribution in [1.82, 2.24) is 4.57 Å². The first-order valence-corrected chi connectivity index (χ1v) is 12.2. The minimum absolute atomic E-state index is 0.264. The number of aromatic nitrogens is 1. The molecule has 0 N–H and O–H groups in total. The summed E-state index contributed by atoms with van der Waals surface area (Å²) >= 11 is 13.4. The maximum atomic E-state index is 13.5. The van der Waals surface area contributed by atoms with Gasteiger partial charge in [-0.25, -0.2) is 9.79 Å². The average molecular weight is 517 g/mol. The molecule has 1 aromatic heterocycles. The van der Waals surface area contributed by atoms with Crippen molar-refractivity contribution in [2.75, 3.05) is 13.7 Å². The highest BCUT2D eigenvalue weighted by Gasteiger charge is 2.33. The molecule has 1 aliphatic heterocycles. The van der Waals surface area contributed by atoms with Crippen molar-refractivity contribution < 1.29 is 14.3 Å². The standard InChI is InChI=1S/C25H22Cl2N2O4S/c1-4-11-33-17-8-6-16(7-9-17)22-21(24(31)32-3)14(2)28-25-29(22)23(30)20(34-25)13-15-5-10-18(26)19(27)12-15/h5-10,12-13,22H,4,11H2,1-3H3/b20-13-. The van der Waals surface area contributed by atoms with Crippen LogP contribution in [0.4, 0.5) is 0 Å². The Morgan fingerprint density at radius 2 is 1.91 bits per heavy atom. The highest BCUT2D eigenvalue weighted by atomic mass is 35.5. The highest BCUT2D eigenvalue weighted by molar-refractivity contribution is 7.07. The number of fused-ring (bicyclic) bond motifs is 1. The van der Waals surface area contributed by atoms with Crippen molar-refractivity contribution in [2.24, 2.45) is 4.99 Å². The zero-order valence-electron chi connectivity index (χ0n) is 18.8. The van der Waals surface area contributed by atoms with E-state index in [4.69, 9.17) is 32.7 Å². The smallest absolute Gasteiger partial charge is 0.338 e. The zero-order valence-corrected chi connectivity index (χ0v) is 21.1. The fourth-order valence-corrected chi connectivity index (χ4v) is 5.08. The van der Waals surface area contributed by atoms with Crippen molar-refractivity contribution in [1.29, 1.82) is 0 Å². The SMILES string of the molecule is CCCOc1ccc(C2C(C(=O)OC)=C(C)N=c3s/c(=C\c4ccc(Cl)c(Cl)c4)c(=O)n32)cc1. The molecule has 0 radical (unpaired) electrons. The van der Waals surface area contributed by atoms with E-state index in [1.807, 2.05) is 31.2 Å². The van der Waals surface area contributed by atoms with Gasteiger partial charge in [0.1, 0.15) is 5.75 Å². The molecule has 0 spiro atoms. The molecule has 9 heteroatoms. The molecule has 0 aliphatic carbocycles. The Bertz CT molecular complexity index is 1460. The molecular formula is C25H22Cl2N2O4S. The van der Waals surface area contributed by atoms with E-state index < -0.39 is 12.0 Å². The maximum Gasteiger partial charge on any atom is 0.338 e. The van der Waals surface area contributed by atoms with Crippen LogP contribution in [-0.2, 0) is 9.53 Å². The van der Waals surface area contributed by atoms with E-state index in [0.29, 0.717) is 37.3 Å². The molecule has 2 heterocycles. The Kier molecular flexibility index (Phi) is 7.26. The number of hydrogen-bond donors (Lipinski definition) is 0. The van der Waals surface area contributed by atoms with Crippen LogP contribution in [0.1, 0.15) is 37.4 Å². The molecule has 1 aliphatic rings. The molecule has 1 unspecified atom stereocenters. The maximum absolute atomic E-state index is 13.5. The molecule has 176 valence electrons. The number of halogens is 2. The van der Waals surface area contributed by atoms with Gasteiger partial charge in [0.15, 0.2) is 4.80 Å². The molecule has 0 saturated carbocycles. The van der Waals surface area contributed by atoms with Crippen molar-refractivity contribution in [2.45, 2.75) is 26.3 Å². The van der Waals surface area contributed by atoms with Gasteiger partial charge in [0.25, 0.3) is 5.56 Å². The lowest BCUT2D eigenvalue weighted by Crippen LogP contribution is -2.39. The molecule has 1 atom stereocenters. The van der Waals surface area contributed by atoms with Gasteiger partial charge in [-0.1, -0.05) is 59.7 Å². The van der Waals surface area contributed by atoms with E-state index in [0.717, 1.165) is 23.3 Å². The van der Waals surface area contributed by atoms with Crippen molar-refractivity contribution >= 4 is 46.6 Å². The Morgan fingerprint density at radius 3 is 2.56 bits per heavy atom.